The van der Waals surface area contributed by atoms with Gasteiger partial charge in [0.15, 0.2) is 11.5 Å². The Kier molecular flexibility index (Phi) is 6.58. The van der Waals surface area contributed by atoms with Crippen molar-refractivity contribution in [3.8, 4) is 17.2 Å². The Morgan fingerprint density at radius 3 is 2.61 bits per heavy atom. The van der Waals surface area contributed by atoms with Crippen molar-refractivity contribution in [3.63, 3.8) is 0 Å². The molecule has 1 fully saturated rings. The summed E-state index contributed by atoms with van der Waals surface area (Å²) >= 11 is 0. The minimum Gasteiger partial charge on any atom is -0.507 e. The topological polar surface area (TPSA) is 98.2 Å². The molecule has 8 nitrogen and oxygen atoms in total. The van der Waals surface area contributed by atoms with Crippen molar-refractivity contribution in [2.75, 3.05) is 19.8 Å². The number of benzene rings is 2. The molecule has 3 heterocycles. The van der Waals surface area contributed by atoms with Crippen molar-refractivity contribution in [2.24, 2.45) is 0 Å². The van der Waals surface area contributed by atoms with Crippen LogP contribution >= 0.6 is 0 Å². The summed E-state index contributed by atoms with van der Waals surface area (Å²) < 4.78 is 17.0. The highest BCUT2D eigenvalue weighted by Gasteiger charge is 2.46. The number of hydrogen-bond acceptors (Lipinski definition) is 7. The van der Waals surface area contributed by atoms with Gasteiger partial charge in [0.1, 0.15) is 24.7 Å². The summed E-state index contributed by atoms with van der Waals surface area (Å²) in [6, 6.07) is 15.0. The van der Waals surface area contributed by atoms with Crippen LogP contribution in [0.4, 0.5) is 0 Å². The average Bonchev–Trinajstić information content (AvgIpc) is 3.17. The lowest BCUT2D eigenvalue weighted by Crippen LogP contribution is -2.29. The summed E-state index contributed by atoms with van der Waals surface area (Å²) in [4.78, 5) is 32.1. The van der Waals surface area contributed by atoms with E-state index in [0.717, 1.165) is 12.0 Å². The number of aromatic nitrogens is 1. The van der Waals surface area contributed by atoms with Crippen LogP contribution in [0.25, 0.3) is 5.76 Å². The Morgan fingerprint density at radius 1 is 1.06 bits per heavy atom. The lowest BCUT2D eigenvalue weighted by Gasteiger charge is -2.26. The molecule has 2 aliphatic heterocycles. The van der Waals surface area contributed by atoms with Gasteiger partial charge < -0.3 is 24.2 Å². The molecule has 1 saturated heterocycles. The normalized spacial score (nSPS) is 18.4. The maximum atomic E-state index is 13.3. The van der Waals surface area contributed by atoms with Crippen molar-refractivity contribution < 1.29 is 28.9 Å². The zero-order chi connectivity index (χ0) is 25.1. The number of aliphatic hydroxyl groups excluding tert-OH is 1. The van der Waals surface area contributed by atoms with Crippen LogP contribution in [0.3, 0.4) is 0 Å². The van der Waals surface area contributed by atoms with E-state index < -0.39 is 17.7 Å². The third-order valence-corrected chi connectivity index (χ3v) is 6.10. The van der Waals surface area contributed by atoms with E-state index in [1.165, 1.54) is 4.90 Å². The van der Waals surface area contributed by atoms with Gasteiger partial charge in [-0.25, -0.2) is 0 Å². The first-order valence-corrected chi connectivity index (χ1v) is 11.9. The molecule has 1 N–H and O–H groups in total. The maximum Gasteiger partial charge on any atom is 0.295 e. The second-order valence-electron chi connectivity index (χ2n) is 8.56. The number of likely N-dealkylation sites (tertiary alicyclic amines) is 1. The Hall–Kier alpha value is -4.33. The number of carbonyl (C=O) groups excluding carboxylic acids is 2. The van der Waals surface area contributed by atoms with Gasteiger partial charge in [-0.1, -0.05) is 19.1 Å². The summed E-state index contributed by atoms with van der Waals surface area (Å²) in [5.74, 6) is -0.0381. The summed E-state index contributed by atoms with van der Waals surface area (Å²) in [7, 11) is 0. The molecule has 1 atom stereocenters. The van der Waals surface area contributed by atoms with Crippen LogP contribution in [0.1, 0.15) is 36.1 Å². The number of Topliss-reactive ketones (excluding diaryl/α,β-unsaturated/α-hetero) is 1. The molecule has 0 unspecified atom stereocenters. The highest BCUT2D eigenvalue weighted by atomic mass is 16.6. The molecule has 36 heavy (non-hydrogen) atoms. The number of amides is 1. The van der Waals surface area contributed by atoms with E-state index in [4.69, 9.17) is 14.2 Å². The molecule has 184 valence electrons. The third-order valence-electron chi connectivity index (χ3n) is 6.10. The molecule has 2 aromatic carbocycles. The van der Waals surface area contributed by atoms with Gasteiger partial charge in [0.25, 0.3) is 11.7 Å². The van der Waals surface area contributed by atoms with E-state index in [2.05, 4.69) is 4.98 Å². The molecule has 0 spiro atoms. The molecule has 8 heteroatoms. The van der Waals surface area contributed by atoms with Crippen LogP contribution in [0.5, 0.6) is 17.2 Å². The van der Waals surface area contributed by atoms with Gasteiger partial charge in [-0.15, -0.1) is 0 Å². The molecule has 1 aromatic heterocycles. The molecule has 1 amide bonds. The lowest BCUT2D eigenvalue weighted by atomic mass is 9.95. The fourth-order valence-electron chi connectivity index (χ4n) is 4.42. The van der Waals surface area contributed by atoms with E-state index in [9.17, 15) is 14.7 Å². The SMILES string of the molecule is CCCOc1cccc([C@H]2C(=C(O)c3ccc4c(c3)OCCO4)C(=O)C(=O)N2Cc2ccncc2)c1. The van der Waals surface area contributed by atoms with Crippen LogP contribution < -0.4 is 14.2 Å². The molecule has 0 saturated carbocycles. The van der Waals surface area contributed by atoms with Crippen molar-refractivity contribution in [1.29, 1.82) is 0 Å². The summed E-state index contributed by atoms with van der Waals surface area (Å²) in [5.41, 5.74) is 1.86. The van der Waals surface area contributed by atoms with Gasteiger partial charge in [0.05, 0.1) is 18.2 Å². The first-order chi connectivity index (χ1) is 17.6. The second kappa shape index (κ2) is 10.1. The number of pyridine rings is 1. The van der Waals surface area contributed by atoms with Crippen molar-refractivity contribution in [1.82, 2.24) is 9.88 Å². The smallest absolute Gasteiger partial charge is 0.295 e. The number of carbonyl (C=O) groups is 2. The predicted molar refractivity (Wildman–Crippen MR) is 132 cm³/mol. The highest BCUT2D eigenvalue weighted by molar-refractivity contribution is 6.46. The first-order valence-electron chi connectivity index (χ1n) is 11.9. The van der Waals surface area contributed by atoms with E-state index in [1.807, 2.05) is 31.2 Å². The van der Waals surface area contributed by atoms with E-state index in [1.54, 1.807) is 42.7 Å². The number of hydrogen-bond donors (Lipinski definition) is 1. The van der Waals surface area contributed by atoms with Gasteiger partial charge in [-0.05, 0) is 60.0 Å². The maximum absolute atomic E-state index is 13.3. The largest absolute Gasteiger partial charge is 0.507 e. The highest BCUT2D eigenvalue weighted by Crippen LogP contribution is 2.42. The molecule has 0 bridgehead atoms. The van der Waals surface area contributed by atoms with Gasteiger partial charge in [-0.2, -0.15) is 0 Å². The van der Waals surface area contributed by atoms with E-state index >= 15 is 0 Å². The average molecular weight is 487 g/mol. The molecule has 0 aliphatic carbocycles. The van der Waals surface area contributed by atoms with Crippen molar-refractivity contribution >= 4 is 17.4 Å². The fourth-order valence-corrected chi connectivity index (χ4v) is 4.42. The standard InChI is InChI=1S/C28H26N2O6/c1-2-12-34-21-5-3-4-19(15-21)25-24(26(31)20-6-7-22-23(16-20)36-14-13-35-22)27(32)28(33)30(25)17-18-8-10-29-11-9-18/h3-11,15-16,25,31H,2,12-14,17H2,1H3/t25-/m0/s1. The van der Waals surface area contributed by atoms with Crippen LogP contribution in [0.2, 0.25) is 0 Å². The Morgan fingerprint density at radius 2 is 1.83 bits per heavy atom. The lowest BCUT2D eigenvalue weighted by molar-refractivity contribution is -0.140. The number of nitrogens with zero attached hydrogens (tertiary/aromatic N) is 2. The third kappa shape index (κ3) is 4.49. The number of ether oxygens (including phenoxy) is 3. The van der Waals surface area contributed by atoms with Crippen LogP contribution in [-0.4, -0.2) is 46.5 Å². The molecular weight excluding hydrogens is 460 g/mol. The number of fused-ring (bicyclic) bond motifs is 1. The first kappa shape index (κ1) is 23.4. The van der Waals surface area contributed by atoms with Crippen molar-refractivity contribution in [2.45, 2.75) is 25.9 Å². The van der Waals surface area contributed by atoms with Crippen LogP contribution in [0.15, 0.2) is 72.6 Å². The van der Waals surface area contributed by atoms with E-state index in [-0.39, 0.29) is 17.9 Å². The predicted octanol–water partition coefficient (Wildman–Crippen LogP) is 4.26. The fraction of sp³-hybridized carbons (Fsp3) is 0.250. The van der Waals surface area contributed by atoms with Crippen LogP contribution in [-0.2, 0) is 16.1 Å². The zero-order valence-electron chi connectivity index (χ0n) is 19.8. The van der Waals surface area contributed by atoms with Gasteiger partial charge >= 0.3 is 0 Å². The molecule has 3 aromatic rings. The summed E-state index contributed by atoms with van der Waals surface area (Å²) in [6.07, 6.45) is 4.11. The minimum absolute atomic E-state index is 0.0124. The number of aliphatic hydroxyl groups is 1. The van der Waals surface area contributed by atoms with Gasteiger partial charge in [0, 0.05) is 24.5 Å². The quantitative estimate of drug-likeness (QED) is 0.303. The van der Waals surface area contributed by atoms with Crippen molar-refractivity contribution in [3.05, 3.63) is 89.3 Å². The Bertz CT molecular complexity index is 1320. The number of rotatable bonds is 7. The van der Waals surface area contributed by atoms with Gasteiger partial charge in [-0.3, -0.25) is 14.6 Å². The summed E-state index contributed by atoms with van der Waals surface area (Å²) in [5, 5.41) is 11.4. The Balaban J connectivity index is 1.62. The Labute approximate surface area is 208 Å². The molecule has 5 rings (SSSR count). The van der Waals surface area contributed by atoms with Crippen LogP contribution in [0, 0.1) is 0 Å². The number of ketones is 1. The zero-order valence-corrected chi connectivity index (χ0v) is 19.8. The minimum atomic E-state index is -0.809. The molecule has 0 radical (unpaired) electrons. The molecular formula is C28H26N2O6. The molecule has 2 aliphatic rings. The monoisotopic (exact) mass is 486 g/mol. The van der Waals surface area contributed by atoms with E-state index in [0.29, 0.717) is 48.2 Å². The summed E-state index contributed by atoms with van der Waals surface area (Å²) in [6.45, 7) is 3.56. The van der Waals surface area contributed by atoms with Gasteiger partial charge in [0.2, 0.25) is 0 Å². The second-order valence-corrected chi connectivity index (χ2v) is 8.56.